The average Bonchev–Trinajstić information content (AvgIpc) is 3.12. The van der Waals surface area contributed by atoms with E-state index in [0.29, 0.717) is 13.1 Å². The van der Waals surface area contributed by atoms with Gasteiger partial charge in [-0.3, -0.25) is 14.5 Å². The van der Waals surface area contributed by atoms with Gasteiger partial charge in [-0.2, -0.15) is 0 Å². The van der Waals surface area contributed by atoms with E-state index in [1.54, 1.807) is 18.4 Å². The highest BCUT2D eigenvalue weighted by Gasteiger charge is 2.25. The van der Waals surface area contributed by atoms with Crippen LogP contribution in [0.15, 0.2) is 36.4 Å². The number of halogens is 1. The molecule has 0 aliphatic carbocycles. The Morgan fingerprint density at radius 3 is 2.38 bits per heavy atom. The van der Waals surface area contributed by atoms with Gasteiger partial charge in [-0.1, -0.05) is 23.7 Å². The molecule has 6 nitrogen and oxygen atoms in total. The molecule has 0 spiro atoms. The third kappa shape index (κ3) is 6.19. The molecular formula is C21H26ClN3O3S. The van der Waals surface area contributed by atoms with Crippen molar-refractivity contribution in [2.24, 2.45) is 0 Å². The van der Waals surface area contributed by atoms with Crippen LogP contribution in [0, 0.1) is 0 Å². The second kappa shape index (κ2) is 10.1. The van der Waals surface area contributed by atoms with Gasteiger partial charge in [0.15, 0.2) is 0 Å². The maximum Gasteiger partial charge on any atom is 0.225 e. The lowest BCUT2D eigenvalue weighted by atomic mass is 10.0. The molecule has 0 bridgehead atoms. The first-order valence-electron chi connectivity index (χ1n) is 9.60. The Bertz CT molecular complexity index is 832. The predicted octanol–water partition coefficient (Wildman–Crippen LogP) is 3.32. The van der Waals surface area contributed by atoms with Crippen molar-refractivity contribution >= 4 is 34.8 Å². The van der Waals surface area contributed by atoms with Crippen molar-refractivity contribution < 1.29 is 14.3 Å². The fourth-order valence-corrected chi connectivity index (χ4v) is 4.58. The van der Waals surface area contributed by atoms with Crippen molar-refractivity contribution in [2.75, 3.05) is 33.3 Å². The van der Waals surface area contributed by atoms with Crippen molar-refractivity contribution in [3.05, 3.63) is 51.2 Å². The van der Waals surface area contributed by atoms with Gasteiger partial charge in [0.25, 0.3) is 0 Å². The molecule has 29 heavy (non-hydrogen) atoms. The van der Waals surface area contributed by atoms with E-state index in [-0.39, 0.29) is 24.3 Å². The summed E-state index contributed by atoms with van der Waals surface area (Å²) >= 11 is 7.60. The summed E-state index contributed by atoms with van der Waals surface area (Å²) in [6.45, 7) is 5.36. The lowest BCUT2D eigenvalue weighted by Crippen LogP contribution is -2.49. The molecule has 1 N–H and O–H groups in total. The van der Waals surface area contributed by atoms with Crippen molar-refractivity contribution in [1.82, 2.24) is 15.1 Å². The smallest absolute Gasteiger partial charge is 0.225 e. The van der Waals surface area contributed by atoms with E-state index in [4.69, 9.17) is 16.3 Å². The number of ether oxygens (including phenoxy) is 1. The molecule has 1 aromatic carbocycles. The second-order valence-corrected chi connectivity index (χ2v) is 8.89. The Morgan fingerprint density at radius 2 is 1.83 bits per heavy atom. The average molecular weight is 436 g/mol. The molecule has 1 saturated heterocycles. The van der Waals surface area contributed by atoms with Gasteiger partial charge in [0.2, 0.25) is 11.8 Å². The summed E-state index contributed by atoms with van der Waals surface area (Å²) in [5.74, 6) is 0.640. The van der Waals surface area contributed by atoms with Crippen LogP contribution in [0.3, 0.4) is 0 Å². The summed E-state index contributed by atoms with van der Waals surface area (Å²) in [5.41, 5.74) is 0.891. The molecule has 3 rings (SSSR count). The van der Waals surface area contributed by atoms with E-state index in [2.05, 4.69) is 16.3 Å². The fraction of sp³-hybridized carbons (Fsp3) is 0.429. The fourth-order valence-electron chi connectivity index (χ4n) is 3.45. The van der Waals surface area contributed by atoms with Gasteiger partial charge in [0.1, 0.15) is 5.75 Å². The number of amides is 2. The van der Waals surface area contributed by atoms with Crippen molar-refractivity contribution in [3.8, 4) is 5.75 Å². The first kappa shape index (κ1) is 21.6. The first-order chi connectivity index (χ1) is 13.9. The summed E-state index contributed by atoms with van der Waals surface area (Å²) in [6, 6.07) is 11.1. The second-order valence-electron chi connectivity index (χ2n) is 7.09. The Labute approximate surface area is 180 Å². The van der Waals surface area contributed by atoms with Crippen LogP contribution >= 0.6 is 22.9 Å². The number of hydrogen-bond acceptors (Lipinski definition) is 5. The monoisotopic (exact) mass is 435 g/mol. The van der Waals surface area contributed by atoms with Crippen LogP contribution in [-0.4, -0.2) is 54.9 Å². The van der Waals surface area contributed by atoms with E-state index in [0.717, 1.165) is 35.3 Å². The predicted molar refractivity (Wildman–Crippen MR) is 115 cm³/mol. The topological polar surface area (TPSA) is 61.9 Å². The zero-order chi connectivity index (χ0) is 20.8. The third-order valence-electron chi connectivity index (χ3n) is 5.01. The van der Waals surface area contributed by atoms with Gasteiger partial charge in [0.05, 0.1) is 23.9 Å². The number of methoxy groups -OCH3 is 1. The summed E-state index contributed by atoms with van der Waals surface area (Å²) in [5, 5.41) is 2.90. The maximum absolute atomic E-state index is 12.9. The van der Waals surface area contributed by atoms with Crippen LogP contribution in [0.25, 0.3) is 0 Å². The molecule has 1 aromatic heterocycles. The molecule has 1 aliphatic rings. The molecule has 156 valence electrons. The van der Waals surface area contributed by atoms with Crippen LogP contribution < -0.4 is 10.1 Å². The highest BCUT2D eigenvalue weighted by molar-refractivity contribution is 7.16. The lowest BCUT2D eigenvalue weighted by Gasteiger charge is -2.35. The third-order valence-corrected chi connectivity index (χ3v) is 6.22. The summed E-state index contributed by atoms with van der Waals surface area (Å²) in [4.78, 5) is 30.0. The van der Waals surface area contributed by atoms with Crippen LogP contribution in [0.1, 0.15) is 29.8 Å². The first-order valence-corrected chi connectivity index (χ1v) is 10.8. The minimum Gasteiger partial charge on any atom is -0.497 e. The molecule has 2 amide bonds. The highest BCUT2D eigenvalue weighted by atomic mass is 35.5. The van der Waals surface area contributed by atoms with Gasteiger partial charge >= 0.3 is 0 Å². The molecule has 0 saturated carbocycles. The Hall–Kier alpha value is -2.09. The molecule has 2 heterocycles. The number of nitrogens with zero attached hydrogens (tertiary/aromatic N) is 2. The molecule has 8 heteroatoms. The van der Waals surface area contributed by atoms with E-state index in [1.807, 2.05) is 35.2 Å². The number of nitrogens with one attached hydrogen (secondary N) is 1. The Morgan fingerprint density at radius 1 is 1.14 bits per heavy atom. The Balaban J connectivity index is 1.56. The number of piperazine rings is 1. The molecule has 0 radical (unpaired) electrons. The number of benzene rings is 1. The minimum absolute atomic E-state index is 0.0541. The van der Waals surface area contributed by atoms with Crippen molar-refractivity contribution in [2.45, 2.75) is 25.9 Å². The van der Waals surface area contributed by atoms with Crippen molar-refractivity contribution in [3.63, 3.8) is 0 Å². The molecule has 2 aromatic rings. The largest absolute Gasteiger partial charge is 0.497 e. The van der Waals surface area contributed by atoms with Crippen LogP contribution in [-0.2, 0) is 16.1 Å². The molecule has 1 aliphatic heterocycles. The van der Waals surface area contributed by atoms with E-state index < -0.39 is 0 Å². The Kier molecular flexibility index (Phi) is 7.52. The minimum atomic E-state index is -0.350. The van der Waals surface area contributed by atoms with Crippen LogP contribution in [0.5, 0.6) is 5.75 Å². The van der Waals surface area contributed by atoms with E-state index in [9.17, 15) is 9.59 Å². The zero-order valence-corrected chi connectivity index (χ0v) is 18.3. The van der Waals surface area contributed by atoms with Crippen molar-refractivity contribution in [1.29, 1.82) is 0 Å². The molecule has 1 fully saturated rings. The standard InChI is InChI=1S/C21H26ClN3O3S/c1-15(26)23-19(16-3-5-17(28-2)6-4-16)13-21(27)25-11-9-24(10-12-25)14-18-7-8-20(22)29-18/h3-8,19H,9-14H2,1-2H3,(H,23,26). The van der Waals surface area contributed by atoms with E-state index >= 15 is 0 Å². The summed E-state index contributed by atoms with van der Waals surface area (Å²) in [6.07, 6.45) is 0.243. The maximum atomic E-state index is 12.9. The van der Waals surface area contributed by atoms with Gasteiger partial charge in [-0.15, -0.1) is 11.3 Å². The summed E-state index contributed by atoms with van der Waals surface area (Å²) in [7, 11) is 1.61. The quantitative estimate of drug-likeness (QED) is 0.724. The zero-order valence-electron chi connectivity index (χ0n) is 16.7. The normalized spacial score (nSPS) is 15.8. The number of carbonyl (C=O) groups excluding carboxylic acids is 2. The number of hydrogen-bond donors (Lipinski definition) is 1. The van der Waals surface area contributed by atoms with Gasteiger partial charge < -0.3 is 15.0 Å². The van der Waals surface area contributed by atoms with Gasteiger partial charge in [-0.25, -0.2) is 0 Å². The number of carbonyl (C=O) groups is 2. The van der Waals surface area contributed by atoms with Crippen LogP contribution in [0.2, 0.25) is 4.34 Å². The van der Waals surface area contributed by atoms with Gasteiger partial charge in [0, 0.05) is 44.5 Å². The van der Waals surface area contributed by atoms with Gasteiger partial charge in [-0.05, 0) is 29.8 Å². The molecule has 1 unspecified atom stereocenters. The molecule has 1 atom stereocenters. The number of thiophene rings is 1. The lowest BCUT2D eigenvalue weighted by molar-refractivity contribution is -0.133. The van der Waals surface area contributed by atoms with E-state index in [1.165, 1.54) is 11.8 Å². The van der Waals surface area contributed by atoms with Crippen LogP contribution in [0.4, 0.5) is 0 Å². The summed E-state index contributed by atoms with van der Waals surface area (Å²) < 4.78 is 5.99. The number of rotatable bonds is 7. The highest BCUT2D eigenvalue weighted by Crippen LogP contribution is 2.24. The molecular weight excluding hydrogens is 410 g/mol. The SMILES string of the molecule is COc1ccc(C(CC(=O)N2CCN(Cc3ccc(Cl)s3)CC2)NC(C)=O)cc1.